The van der Waals surface area contributed by atoms with Gasteiger partial charge in [-0.3, -0.25) is 9.59 Å². The van der Waals surface area contributed by atoms with Crippen molar-refractivity contribution in [3.05, 3.63) is 0 Å². The summed E-state index contributed by atoms with van der Waals surface area (Å²) in [6.45, 7) is 0. The zero-order valence-corrected chi connectivity index (χ0v) is 12.3. The fourth-order valence-corrected chi connectivity index (χ4v) is 1.58. The molecule has 2 amide bonds. The van der Waals surface area contributed by atoms with Gasteiger partial charge in [0.15, 0.2) is 0 Å². The van der Waals surface area contributed by atoms with Crippen molar-refractivity contribution in [3.63, 3.8) is 0 Å². The number of carboxylic acid groups (broad SMARTS) is 2. The Morgan fingerprint density at radius 1 is 0.895 bits per heavy atom. The van der Waals surface area contributed by atoms with Crippen LogP contribution in [0.5, 0.6) is 0 Å². The van der Waals surface area contributed by atoms with Crippen molar-refractivity contribution in [2.24, 2.45) is 0 Å². The van der Waals surface area contributed by atoms with E-state index in [9.17, 15) is 29.4 Å². The Morgan fingerprint density at radius 3 is 1.32 bits per heavy atom. The molecular weight excluding hydrogens is 284 g/mol. The summed E-state index contributed by atoms with van der Waals surface area (Å²) < 4.78 is 0. The van der Waals surface area contributed by atoms with Gasteiger partial charge >= 0.3 is 37.7 Å². The van der Waals surface area contributed by atoms with Gasteiger partial charge in [0.25, 0.3) is 0 Å². The Kier molecular flexibility index (Phi) is 7.96. The van der Waals surface area contributed by atoms with E-state index >= 15 is 0 Å². The molecule has 0 radical (unpaired) electrons. The summed E-state index contributed by atoms with van der Waals surface area (Å²) in [6, 6.07) is -1.50. The average molecular weight is 296 g/mol. The molecule has 100 valence electrons. The molecule has 0 bridgehead atoms. The first-order valence-corrected chi connectivity index (χ1v) is 5.40. The largest absolute Gasteiger partial charge is 2.00 e. The average Bonchev–Trinajstić information content (AvgIpc) is 2.88. The second kappa shape index (κ2) is 8.34. The number of nitrogens with one attached hydrogen (secondary N) is 2. The van der Waals surface area contributed by atoms with Gasteiger partial charge in [0, 0.05) is 12.8 Å². The maximum absolute atomic E-state index is 10.4. The molecule has 0 saturated carbocycles. The fourth-order valence-electron chi connectivity index (χ4n) is 1.58. The number of carbonyl (C=O) groups is 4. The monoisotopic (exact) mass is 296 g/mol. The number of carbonyl (C=O) groups excluding carboxylic acids is 4. The predicted molar refractivity (Wildman–Crippen MR) is 58.1 cm³/mol. The summed E-state index contributed by atoms with van der Waals surface area (Å²) in [5, 5.41) is 24.5. The van der Waals surface area contributed by atoms with Crippen LogP contribution in [-0.2, 0) is 19.2 Å². The molecule has 2 fully saturated rings. The first-order chi connectivity index (χ1) is 8.40. The van der Waals surface area contributed by atoms with Crippen molar-refractivity contribution in [3.8, 4) is 0 Å². The number of hydrogen-bond acceptors (Lipinski definition) is 6. The van der Waals surface area contributed by atoms with E-state index in [1.165, 1.54) is 0 Å². The normalized spacial score (nSPS) is 24.4. The van der Waals surface area contributed by atoms with E-state index in [4.69, 9.17) is 0 Å². The summed E-state index contributed by atoms with van der Waals surface area (Å²) in [4.78, 5) is 40.8. The van der Waals surface area contributed by atoms with Crippen LogP contribution >= 0.6 is 0 Å². The van der Waals surface area contributed by atoms with Crippen LogP contribution in [0.15, 0.2) is 0 Å². The van der Waals surface area contributed by atoms with Crippen LogP contribution in [0.25, 0.3) is 0 Å². The SMILES string of the molecule is O=C1CC[C@@H](C(=O)[O-])N1.O=C1CC[C@@H](C(=O)[O-])N1.[Ca+2]. The molecule has 8 nitrogen and oxygen atoms in total. The molecule has 2 aliphatic heterocycles. The van der Waals surface area contributed by atoms with Gasteiger partial charge in [-0.2, -0.15) is 0 Å². The standard InChI is InChI=1S/2C5H7NO3.Ca/c2*7-4-2-1-3(6-4)5(8)9;/h2*3H,1-2H2,(H,6,7)(H,8,9);/q;;+2/p-2/t2*3-;/m00./s1. The summed E-state index contributed by atoms with van der Waals surface area (Å²) >= 11 is 0. The van der Waals surface area contributed by atoms with Crippen molar-refractivity contribution in [2.75, 3.05) is 0 Å². The molecule has 2 aliphatic rings. The molecule has 0 aromatic carbocycles. The third-order valence-electron chi connectivity index (χ3n) is 2.56. The topological polar surface area (TPSA) is 138 Å². The van der Waals surface area contributed by atoms with E-state index in [1.807, 2.05) is 0 Å². The molecule has 2 atom stereocenters. The Morgan fingerprint density at radius 2 is 1.21 bits per heavy atom. The summed E-state index contributed by atoms with van der Waals surface area (Å²) in [7, 11) is 0. The first kappa shape index (κ1) is 18.1. The molecule has 19 heavy (non-hydrogen) atoms. The Balaban J connectivity index is 0.000000324. The first-order valence-electron chi connectivity index (χ1n) is 5.40. The molecular formula is C10H12CaN2O6. The molecule has 0 aromatic rings. The van der Waals surface area contributed by atoms with Crippen LogP contribution in [-0.4, -0.2) is 73.6 Å². The smallest absolute Gasteiger partial charge is 0.548 e. The van der Waals surface area contributed by atoms with Crippen molar-refractivity contribution < 1.29 is 29.4 Å². The van der Waals surface area contributed by atoms with Gasteiger partial charge in [-0.05, 0) is 12.8 Å². The second-order valence-corrected chi connectivity index (χ2v) is 3.96. The van der Waals surface area contributed by atoms with E-state index in [1.54, 1.807) is 0 Å². The molecule has 2 heterocycles. The fraction of sp³-hybridized carbons (Fsp3) is 0.600. The van der Waals surface area contributed by atoms with Gasteiger partial charge in [0.05, 0.1) is 24.0 Å². The van der Waals surface area contributed by atoms with Crippen LogP contribution in [0.3, 0.4) is 0 Å². The maximum Gasteiger partial charge on any atom is 2.00 e. The molecule has 9 heteroatoms. The number of carboxylic acids is 2. The van der Waals surface area contributed by atoms with Gasteiger partial charge in [0.1, 0.15) is 0 Å². The number of amides is 2. The van der Waals surface area contributed by atoms with E-state index in [-0.39, 0.29) is 49.6 Å². The van der Waals surface area contributed by atoms with Crippen LogP contribution in [0.2, 0.25) is 0 Å². The van der Waals surface area contributed by atoms with E-state index < -0.39 is 24.0 Å². The minimum absolute atomic E-state index is 0. The van der Waals surface area contributed by atoms with E-state index in [0.717, 1.165) is 0 Å². The van der Waals surface area contributed by atoms with Crippen LogP contribution in [0.1, 0.15) is 25.7 Å². The molecule has 0 aromatic heterocycles. The van der Waals surface area contributed by atoms with Crippen molar-refractivity contribution in [1.29, 1.82) is 0 Å². The number of hydrogen-bond donors (Lipinski definition) is 2. The van der Waals surface area contributed by atoms with Gasteiger partial charge in [-0.25, -0.2) is 0 Å². The maximum atomic E-state index is 10.4. The van der Waals surface area contributed by atoms with Crippen LogP contribution in [0, 0.1) is 0 Å². The zero-order chi connectivity index (χ0) is 13.7. The van der Waals surface area contributed by atoms with Gasteiger partial charge in [-0.1, -0.05) is 0 Å². The van der Waals surface area contributed by atoms with Crippen LogP contribution in [0.4, 0.5) is 0 Å². The third-order valence-corrected chi connectivity index (χ3v) is 2.56. The summed E-state index contributed by atoms with van der Waals surface area (Å²) in [6.07, 6.45) is 1.33. The van der Waals surface area contributed by atoms with E-state index in [0.29, 0.717) is 25.7 Å². The minimum atomic E-state index is -1.19. The molecule has 0 unspecified atom stereocenters. The minimum Gasteiger partial charge on any atom is -0.548 e. The van der Waals surface area contributed by atoms with Gasteiger partial charge in [0.2, 0.25) is 11.8 Å². The quantitative estimate of drug-likeness (QED) is 0.494. The van der Waals surface area contributed by atoms with Crippen molar-refractivity contribution >= 4 is 61.5 Å². The third kappa shape index (κ3) is 6.22. The molecule has 0 spiro atoms. The number of aliphatic carboxylic acids is 2. The molecule has 2 rings (SSSR count). The van der Waals surface area contributed by atoms with Gasteiger partial charge < -0.3 is 30.4 Å². The number of rotatable bonds is 2. The Labute approximate surface area is 138 Å². The van der Waals surface area contributed by atoms with Crippen molar-refractivity contribution in [1.82, 2.24) is 10.6 Å². The van der Waals surface area contributed by atoms with Crippen molar-refractivity contribution in [2.45, 2.75) is 37.8 Å². The Bertz CT molecular complexity index is 350. The molecule has 2 saturated heterocycles. The summed E-state index contributed by atoms with van der Waals surface area (Å²) in [5.74, 6) is -2.80. The zero-order valence-electron chi connectivity index (χ0n) is 10.1. The van der Waals surface area contributed by atoms with E-state index in [2.05, 4.69) is 10.6 Å². The molecule has 2 N–H and O–H groups in total. The van der Waals surface area contributed by atoms with Gasteiger partial charge in [-0.15, -0.1) is 0 Å². The second-order valence-electron chi connectivity index (χ2n) is 3.96. The predicted octanol–water partition coefficient (Wildman–Crippen LogP) is -4.35. The Hall–Kier alpha value is -0.860. The van der Waals surface area contributed by atoms with Crippen LogP contribution < -0.4 is 20.8 Å². The molecule has 0 aliphatic carbocycles. The summed E-state index contributed by atoms with van der Waals surface area (Å²) in [5.41, 5.74) is 0.